The van der Waals surface area contributed by atoms with Gasteiger partial charge >= 0.3 is 0 Å². The molecule has 0 aliphatic carbocycles. The summed E-state index contributed by atoms with van der Waals surface area (Å²) in [6.45, 7) is 1.82. The number of anilines is 3. The molecule has 1 heterocycles. The van der Waals surface area contributed by atoms with Crippen LogP contribution in [0.2, 0.25) is 0 Å². The topological polar surface area (TPSA) is 59.1 Å². The molecule has 0 atom stereocenters. The van der Waals surface area contributed by atoms with E-state index in [-0.39, 0.29) is 5.82 Å². The molecule has 2 aromatic rings. The molecular weight excluding hydrogens is 247 g/mol. The van der Waals surface area contributed by atoms with Crippen molar-refractivity contribution in [1.82, 2.24) is 9.97 Å². The van der Waals surface area contributed by atoms with Crippen LogP contribution in [0.5, 0.6) is 5.75 Å². The number of ether oxygens (including phenoxy) is 1. The van der Waals surface area contributed by atoms with E-state index in [4.69, 9.17) is 4.74 Å². The van der Waals surface area contributed by atoms with Crippen LogP contribution in [0, 0.1) is 12.7 Å². The van der Waals surface area contributed by atoms with E-state index in [2.05, 4.69) is 20.6 Å². The summed E-state index contributed by atoms with van der Waals surface area (Å²) in [6.07, 6.45) is 1.38. The molecule has 0 spiro atoms. The molecular formula is C13H15FN4O. The first-order chi connectivity index (χ1) is 9.17. The highest BCUT2D eigenvalue weighted by atomic mass is 19.1. The average Bonchev–Trinajstić information content (AvgIpc) is 2.42. The Morgan fingerprint density at radius 1 is 1.21 bits per heavy atom. The van der Waals surface area contributed by atoms with Gasteiger partial charge in [-0.15, -0.1) is 0 Å². The molecule has 19 heavy (non-hydrogen) atoms. The van der Waals surface area contributed by atoms with Gasteiger partial charge in [0.25, 0.3) is 0 Å². The molecule has 6 heteroatoms. The lowest BCUT2D eigenvalue weighted by Crippen LogP contribution is -2.05. The summed E-state index contributed by atoms with van der Waals surface area (Å²) in [5.74, 6) is 1.04. The Hall–Kier alpha value is -2.37. The van der Waals surface area contributed by atoms with Crippen molar-refractivity contribution in [3.63, 3.8) is 0 Å². The fraction of sp³-hybridized carbons (Fsp3) is 0.231. The van der Waals surface area contributed by atoms with Crippen molar-refractivity contribution < 1.29 is 9.13 Å². The van der Waals surface area contributed by atoms with Crippen LogP contribution in [0.15, 0.2) is 24.5 Å². The SMILES string of the molecule is CNc1ncnc(Nc2c(C)cccc2F)c1OC. The van der Waals surface area contributed by atoms with Crippen LogP contribution < -0.4 is 15.4 Å². The van der Waals surface area contributed by atoms with Crippen LogP contribution in [-0.2, 0) is 0 Å². The van der Waals surface area contributed by atoms with Gasteiger partial charge in [-0.2, -0.15) is 0 Å². The van der Waals surface area contributed by atoms with E-state index in [1.807, 2.05) is 13.0 Å². The van der Waals surface area contributed by atoms with Crippen molar-refractivity contribution in [3.8, 4) is 5.75 Å². The highest BCUT2D eigenvalue weighted by molar-refractivity contribution is 5.70. The second-order valence-corrected chi connectivity index (χ2v) is 3.91. The monoisotopic (exact) mass is 262 g/mol. The second-order valence-electron chi connectivity index (χ2n) is 3.91. The van der Waals surface area contributed by atoms with Crippen molar-refractivity contribution >= 4 is 17.3 Å². The predicted octanol–water partition coefficient (Wildman–Crippen LogP) is 2.72. The maximum absolute atomic E-state index is 13.8. The Morgan fingerprint density at radius 3 is 2.58 bits per heavy atom. The minimum absolute atomic E-state index is 0.341. The molecule has 0 aliphatic heterocycles. The van der Waals surface area contributed by atoms with Crippen molar-refractivity contribution in [2.45, 2.75) is 6.92 Å². The third kappa shape index (κ3) is 2.57. The Labute approximate surface area is 110 Å². The third-order valence-corrected chi connectivity index (χ3v) is 2.71. The number of aromatic nitrogens is 2. The van der Waals surface area contributed by atoms with Gasteiger partial charge in [-0.3, -0.25) is 0 Å². The number of aryl methyl sites for hydroxylation is 1. The summed E-state index contributed by atoms with van der Waals surface area (Å²) in [6, 6.07) is 4.87. The molecule has 0 bridgehead atoms. The van der Waals surface area contributed by atoms with Crippen molar-refractivity contribution in [3.05, 3.63) is 35.9 Å². The maximum Gasteiger partial charge on any atom is 0.204 e. The van der Waals surface area contributed by atoms with Crippen LogP contribution in [0.25, 0.3) is 0 Å². The van der Waals surface area contributed by atoms with E-state index in [0.717, 1.165) is 5.56 Å². The Bertz CT molecular complexity index is 569. The van der Waals surface area contributed by atoms with E-state index >= 15 is 0 Å². The van der Waals surface area contributed by atoms with Crippen LogP contribution in [0.3, 0.4) is 0 Å². The lowest BCUT2D eigenvalue weighted by molar-refractivity contribution is 0.415. The summed E-state index contributed by atoms with van der Waals surface area (Å²) in [7, 11) is 3.24. The molecule has 2 N–H and O–H groups in total. The van der Waals surface area contributed by atoms with Gasteiger partial charge in [0, 0.05) is 7.05 Å². The number of hydrogen-bond donors (Lipinski definition) is 2. The number of nitrogens with one attached hydrogen (secondary N) is 2. The second kappa shape index (κ2) is 5.51. The first-order valence-electron chi connectivity index (χ1n) is 5.76. The lowest BCUT2D eigenvalue weighted by Gasteiger charge is -2.14. The zero-order valence-electron chi connectivity index (χ0n) is 11.0. The average molecular weight is 262 g/mol. The molecule has 2 rings (SSSR count). The zero-order valence-corrected chi connectivity index (χ0v) is 11.0. The van der Waals surface area contributed by atoms with E-state index < -0.39 is 0 Å². The van der Waals surface area contributed by atoms with Gasteiger partial charge in [0.05, 0.1) is 12.8 Å². The van der Waals surface area contributed by atoms with E-state index in [1.54, 1.807) is 13.1 Å². The van der Waals surface area contributed by atoms with Crippen molar-refractivity contribution in [2.24, 2.45) is 0 Å². The van der Waals surface area contributed by atoms with Crippen LogP contribution in [0.4, 0.5) is 21.7 Å². The third-order valence-electron chi connectivity index (χ3n) is 2.71. The summed E-state index contributed by atoms with van der Waals surface area (Å²) in [4.78, 5) is 8.12. The quantitative estimate of drug-likeness (QED) is 0.887. The Balaban J connectivity index is 2.44. The van der Waals surface area contributed by atoms with E-state index in [9.17, 15) is 4.39 Å². The minimum atomic E-state index is -0.341. The standard InChI is InChI=1S/C13H15FN4O/c1-8-5-4-6-9(14)10(8)18-13-11(19-3)12(15-2)16-7-17-13/h4-7H,1-3H3,(H2,15,16,17,18). The number of methoxy groups -OCH3 is 1. The van der Waals surface area contributed by atoms with Crippen LogP contribution in [0.1, 0.15) is 5.56 Å². The van der Waals surface area contributed by atoms with Crippen LogP contribution >= 0.6 is 0 Å². The normalized spacial score (nSPS) is 10.1. The molecule has 5 nitrogen and oxygen atoms in total. The van der Waals surface area contributed by atoms with Crippen molar-refractivity contribution in [2.75, 3.05) is 24.8 Å². The highest BCUT2D eigenvalue weighted by Gasteiger charge is 2.13. The number of rotatable bonds is 4. The molecule has 0 aliphatic rings. The fourth-order valence-electron chi connectivity index (χ4n) is 1.74. The summed E-state index contributed by atoms with van der Waals surface area (Å²) in [5, 5.41) is 5.84. The first-order valence-corrected chi connectivity index (χ1v) is 5.76. The van der Waals surface area contributed by atoms with Gasteiger partial charge in [0.2, 0.25) is 5.75 Å². The van der Waals surface area contributed by atoms with Crippen LogP contribution in [-0.4, -0.2) is 24.1 Å². The molecule has 0 fully saturated rings. The summed E-state index contributed by atoms with van der Waals surface area (Å²) >= 11 is 0. The number of hydrogen-bond acceptors (Lipinski definition) is 5. The summed E-state index contributed by atoms with van der Waals surface area (Å²) < 4.78 is 19.0. The van der Waals surface area contributed by atoms with Gasteiger partial charge in [-0.25, -0.2) is 14.4 Å². The molecule has 0 radical (unpaired) electrons. The fourth-order valence-corrected chi connectivity index (χ4v) is 1.74. The Morgan fingerprint density at radius 2 is 1.95 bits per heavy atom. The van der Waals surface area contributed by atoms with Gasteiger partial charge < -0.3 is 15.4 Å². The smallest absolute Gasteiger partial charge is 0.204 e. The van der Waals surface area contributed by atoms with Gasteiger partial charge in [0.15, 0.2) is 11.6 Å². The number of para-hydroxylation sites is 1. The first kappa shape index (κ1) is 13.1. The molecule has 0 saturated heterocycles. The molecule has 100 valence electrons. The van der Waals surface area contributed by atoms with E-state index in [1.165, 1.54) is 19.5 Å². The van der Waals surface area contributed by atoms with Crippen molar-refractivity contribution in [1.29, 1.82) is 0 Å². The molecule has 0 saturated carbocycles. The number of nitrogens with zero attached hydrogens (tertiary/aromatic N) is 2. The number of halogens is 1. The molecule has 1 aromatic carbocycles. The largest absolute Gasteiger partial charge is 0.490 e. The molecule has 0 amide bonds. The van der Waals surface area contributed by atoms with E-state index in [0.29, 0.717) is 23.1 Å². The lowest BCUT2D eigenvalue weighted by atomic mass is 10.2. The highest BCUT2D eigenvalue weighted by Crippen LogP contribution is 2.32. The van der Waals surface area contributed by atoms with Gasteiger partial charge in [0.1, 0.15) is 12.1 Å². The Kier molecular flexibility index (Phi) is 3.79. The molecule has 1 aromatic heterocycles. The molecule has 0 unspecified atom stereocenters. The van der Waals surface area contributed by atoms with Gasteiger partial charge in [-0.05, 0) is 18.6 Å². The minimum Gasteiger partial charge on any atom is -0.490 e. The maximum atomic E-state index is 13.8. The zero-order chi connectivity index (χ0) is 13.8. The van der Waals surface area contributed by atoms with Gasteiger partial charge in [-0.1, -0.05) is 12.1 Å². The predicted molar refractivity (Wildman–Crippen MR) is 72.6 cm³/mol. The number of benzene rings is 1. The summed E-state index contributed by atoms with van der Waals surface area (Å²) in [5.41, 5.74) is 1.16.